The quantitative estimate of drug-likeness (QED) is 0.720. The van der Waals surface area contributed by atoms with E-state index in [0.29, 0.717) is 35.2 Å². The van der Waals surface area contributed by atoms with E-state index >= 15 is 0 Å². The van der Waals surface area contributed by atoms with Crippen LogP contribution in [-0.2, 0) is 0 Å². The van der Waals surface area contributed by atoms with Crippen LogP contribution in [0.5, 0.6) is 0 Å². The first kappa shape index (κ1) is 16.5. The summed E-state index contributed by atoms with van der Waals surface area (Å²) in [6.07, 6.45) is 3.20. The molecule has 2 saturated carbocycles. The van der Waals surface area contributed by atoms with Crippen LogP contribution >= 0.6 is 0 Å². The van der Waals surface area contributed by atoms with Gasteiger partial charge in [-0.05, 0) is 60.5 Å². The number of benzene rings is 1. The summed E-state index contributed by atoms with van der Waals surface area (Å²) in [6.45, 7) is 2.33. The number of fused-ring (bicyclic) bond motifs is 1. The third-order valence-corrected chi connectivity index (χ3v) is 6.21. The van der Waals surface area contributed by atoms with E-state index in [9.17, 15) is 15.0 Å². The molecule has 4 nitrogen and oxygen atoms in total. The maximum Gasteiger partial charge on any atom is 0.248 e. The lowest BCUT2D eigenvalue weighted by molar-refractivity contribution is 0.0985. The van der Waals surface area contributed by atoms with Crippen LogP contribution in [0.4, 0.5) is 0 Å². The number of amides is 1. The summed E-state index contributed by atoms with van der Waals surface area (Å²) in [4.78, 5) is 11.7. The van der Waals surface area contributed by atoms with Gasteiger partial charge in [-0.1, -0.05) is 25.1 Å². The molecule has 126 valence electrons. The topological polar surface area (TPSA) is 83.6 Å². The number of hydrogen-bond donors (Lipinski definition) is 3. The van der Waals surface area contributed by atoms with E-state index in [1.807, 2.05) is 24.3 Å². The Balaban J connectivity index is 1.73. The molecule has 0 spiro atoms. The van der Waals surface area contributed by atoms with E-state index in [1.165, 1.54) is 0 Å². The van der Waals surface area contributed by atoms with Gasteiger partial charge in [0.2, 0.25) is 5.91 Å². The smallest absolute Gasteiger partial charge is 0.248 e. The summed E-state index contributed by atoms with van der Waals surface area (Å²) < 4.78 is 0. The summed E-state index contributed by atoms with van der Waals surface area (Å²) >= 11 is 0. The molecule has 1 aromatic rings. The molecule has 2 aliphatic rings. The average Bonchev–Trinajstić information content (AvgIpc) is 3.03. The van der Waals surface area contributed by atoms with Crippen LogP contribution in [0.2, 0.25) is 0 Å². The highest BCUT2D eigenvalue weighted by Gasteiger charge is 2.59. The molecule has 0 radical (unpaired) electrons. The van der Waals surface area contributed by atoms with E-state index < -0.39 is 0 Å². The Morgan fingerprint density at radius 1 is 1.22 bits per heavy atom. The number of aliphatic hydroxyl groups excluding tert-OH is 2. The fourth-order valence-corrected chi connectivity index (χ4v) is 5.02. The van der Waals surface area contributed by atoms with Gasteiger partial charge in [0.1, 0.15) is 0 Å². The number of carbonyl (C=O) groups excluding carboxylic acids is 1. The number of primary amides is 1. The first-order valence-electron chi connectivity index (χ1n) is 8.72. The maximum atomic E-state index is 11.7. The van der Waals surface area contributed by atoms with Crippen molar-refractivity contribution in [3.8, 4) is 0 Å². The predicted molar refractivity (Wildman–Crippen MR) is 88.8 cm³/mol. The van der Waals surface area contributed by atoms with Crippen LogP contribution in [-0.4, -0.2) is 29.3 Å². The van der Waals surface area contributed by atoms with Crippen LogP contribution in [0.1, 0.15) is 48.0 Å². The van der Waals surface area contributed by atoms with E-state index in [-0.39, 0.29) is 25.0 Å². The minimum Gasteiger partial charge on any atom is -0.396 e. The van der Waals surface area contributed by atoms with Crippen LogP contribution in [0.25, 0.3) is 0 Å². The highest BCUT2D eigenvalue weighted by atomic mass is 16.3. The number of rotatable bonds is 7. The van der Waals surface area contributed by atoms with E-state index in [2.05, 4.69) is 6.92 Å². The second kappa shape index (κ2) is 6.62. The molecule has 1 amide bonds. The number of carbonyl (C=O) groups is 1. The third kappa shape index (κ3) is 2.90. The van der Waals surface area contributed by atoms with E-state index in [0.717, 1.165) is 24.8 Å². The molecule has 0 heterocycles. The minimum atomic E-state index is -0.344. The van der Waals surface area contributed by atoms with Crippen molar-refractivity contribution in [3.05, 3.63) is 35.4 Å². The molecule has 3 atom stereocenters. The Labute approximate surface area is 137 Å². The van der Waals surface area contributed by atoms with Crippen molar-refractivity contribution < 1.29 is 15.0 Å². The molecule has 0 unspecified atom stereocenters. The van der Waals surface area contributed by atoms with Gasteiger partial charge in [0.05, 0.1) is 0 Å². The normalized spacial score (nSPS) is 27.9. The first-order valence-corrected chi connectivity index (χ1v) is 8.72. The lowest BCUT2D eigenvalue weighted by Gasteiger charge is -2.25. The summed E-state index contributed by atoms with van der Waals surface area (Å²) in [5.41, 5.74) is 7.30. The molecule has 4 N–H and O–H groups in total. The molecule has 2 fully saturated rings. The van der Waals surface area contributed by atoms with Crippen molar-refractivity contribution in [2.24, 2.45) is 35.3 Å². The first-order chi connectivity index (χ1) is 11.1. The summed E-state index contributed by atoms with van der Waals surface area (Å²) in [5, 5.41) is 18.7. The lowest BCUT2D eigenvalue weighted by atomic mass is 9.81. The second-order valence-corrected chi connectivity index (χ2v) is 7.23. The fourth-order valence-electron chi connectivity index (χ4n) is 5.02. The number of nitrogens with two attached hydrogens (primary N) is 1. The molecule has 4 heteroatoms. The monoisotopic (exact) mass is 317 g/mol. The SMILES string of the molecule is CC[C@@H](c1ccccc1C(N)=O)C1[C@@H]2CC(C(CO)CO)C[C@@H]12. The Bertz CT molecular complexity index is 557. The fraction of sp³-hybridized carbons (Fsp3) is 0.632. The number of hydrogen-bond acceptors (Lipinski definition) is 3. The molecule has 0 bridgehead atoms. The standard InChI is InChI=1S/C19H27NO3/c1-2-13(14-5-3-4-6-15(14)19(20)23)18-16-7-11(8-17(16)18)12(9-21)10-22/h3-6,11-13,16-18,21-22H,2,7-10H2,1H3,(H2,20,23)/t11?,13-,16+,17+,18?/m0/s1. The molecular formula is C19H27NO3. The zero-order chi connectivity index (χ0) is 16.6. The van der Waals surface area contributed by atoms with Crippen LogP contribution in [0.3, 0.4) is 0 Å². The molecule has 0 saturated heterocycles. The molecule has 23 heavy (non-hydrogen) atoms. The average molecular weight is 317 g/mol. The zero-order valence-electron chi connectivity index (χ0n) is 13.7. The van der Waals surface area contributed by atoms with Crippen LogP contribution in [0.15, 0.2) is 24.3 Å². The summed E-state index contributed by atoms with van der Waals surface area (Å²) in [6, 6.07) is 7.73. The van der Waals surface area contributed by atoms with Crippen molar-refractivity contribution in [2.45, 2.75) is 32.1 Å². The van der Waals surface area contributed by atoms with Crippen molar-refractivity contribution in [2.75, 3.05) is 13.2 Å². The Hall–Kier alpha value is -1.39. The molecular weight excluding hydrogens is 290 g/mol. The minimum absolute atomic E-state index is 0.0291. The second-order valence-electron chi connectivity index (χ2n) is 7.23. The molecule has 0 aliphatic heterocycles. The van der Waals surface area contributed by atoms with Gasteiger partial charge in [0.25, 0.3) is 0 Å². The van der Waals surface area contributed by atoms with Gasteiger partial charge in [0, 0.05) is 24.7 Å². The Morgan fingerprint density at radius 3 is 2.35 bits per heavy atom. The molecule has 1 aromatic carbocycles. The zero-order valence-corrected chi connectivity index (χ0v) is 13.7. The Morgan fingerprint density at radius 2 is 1.83 bits per heavy atom. The maximum absolute atomic E-state index is 11.7. The predicted octanol–water partition coefficient (Wildman–Crippen LogP) is 2.15. The van der Waals surface area contributed by atoms with Gasteiger partial charge in [-0.15, -0.1) is 0 Å². The van der Waals surface area contributed by atoms with Crippen molar-refractivity contribution in [3.63, 3.8) is 0 Å². The van der Waals surface area contributed by atoms with Crippen molar-refractivity contribution in [1.29, 1.82) is 0 Å². The molecule has 2 aliphatic carbocycles. The van der Waals surface area contributed by atoms with Gasteiger partial charge in [-0.3, -0.25) is 4.79 Å². The number of aliphatic hydroxyl groups is 2. The highest BCUT2D eigenvalue weighted by Crippen LogP contribution is 2.66. The van der Waals surface area contributed by atoms with Gasteiger partial charge in [-0.25, -0.2) is 0 Å². The largest absolute Gasteiger partial charge is 0.396 e. The molecule has 0 aromatic heterocycles. The van der Waals surface area contributed by atoms with Gasteiger partial charge < -0.3 is 15.9 Å². The highest BCUT2D eigenvalue weighted by molar-refractivity contribution is 5.94. The third-order valence-electron chi connectivity index (χ3n) is 6.21. The Kier molecular flexibility index (Phi) is 4.74. The summed E-state index contributed by atoms with van der Waals surface area (Å²) in [7, 11) is 0. The van der Waals surface area contributed by atoms with Crippen LogP contribution in [0, 0.1) is 29.6 Å². The molecule has 3 rings (SSSR count). The van der Waals surface area contributed by atoms with Crippen molar-refractivity contribution >= 4 is 5.91 Å². The van der Waals surface area contributed by atoms with Gasteiger partial charge >= 0.3 is 0 Å². The van der Waals surface area contributed by atoms with E-state index in [4.69, 9.17) is 5.73 Å². The van der Waals surface area contributed by atoms with Crippen LogP contribution < -0.4 is 5.73 Å². The van der Waals surface area contributed by atoms with Crippen molar-refractivity contribution in [1.82, 2.24) is 0 Å². The van der Waals surface area contributed by atoms with Gasteiger partial charge in [-0.2, -0.15) is 0 Å². The lowest BCUT2D eigenvalue weighted by Crippen LogP contribution is -2.23. The summed E-state index contributed by atoms with van der Waals surface area (Å²) in [5.74, 6) is 2.48. The van der Waals surface area contributed by atoms with Gasteiger partial charge in [0.15, 0.2) is 0 Å². The van der Waals surface area contributed by atoms with E-state index in [1.54, 1.807) is 0 Å².